The first kappa shape index (κ1) is 13.0. The van der Waals surface area contributed by atoms with E-state index in [1.54, 1.807) is 11.3 Å². The van der Waals surface area contributed by atoms with Crippen molar-refractivity contribution in [1.82, 2.24) is 10.2 Å². The van der Waals surface area contributed by atoms with Gasteiger partial charge in [-0.05, 0) is 41.7 Å². The number of hydrogen-bond donors (Lipinski definition) is 2. The molecule has 0 radical (unpaired) electrons. The maximum absolute atomic E-state index is 11.5. The van der Waals surface area contributed by atoms with Gasteiger partial charge < -0.3 is 5.73 Å². The SMILES string of the molecule is C[C@@H]1C[C@H](c2ccsc2)CN1CC(=O)NC(N)=O. The van der Waals surface area contributed by atoms with Crippen LogP contribution in [0.3, 0.4) is 0 Å². The van der Waals surface area contributed by atoms with E-state index in [2.05, 4.69) is 34.0 Å². The van der Waals surface area contributed by atoms with Gasteiger partial charge in [0.2, 0.25) is 5.91 Å². The second kappa shape index (κ2) is 5.49. The molecule has 1 aliphatic heterocycles. The van der Waals surface area contributed by atoms with Crippen molar-refractivity contribution in [1.29, 1.82) is 0 Å². The Labute approximate surface area is 110 Å². The zero-order valence-corrected chi connectivity index (χ0v) is 11.1. The summed E-state index contributed by atoms with van der Waals surface area (Å²) in [6.07, 6.45) is 1.04. The molecule has 0 aromatic carbocycles. The van der Waals surface area contributed by atoms with Crippen molar-refractivity contribution in [2.75, 3.05) is 13.1 Å². The lowest BCUT2D eigenvalue weighted by Crippen LogP contribution is -2.43. The first-order chi connectivity index (χ1) is 8.56. The summed E-state index contributed by atoms with van der Waals surface area (Å²) in [6, 6.07) is 1.68. The first-order valence-electron chi connectivity index (χ1n) is 5.91. The fourth-order valence-corrected chi connectivity index (χ4v) is 3.17. The lowest BCUT2D eigenvalue weighted by Gasteiger charge is -2.19. The minimum atomic E-state index is -0.791. The Bertz CT molecular complexity index is 433. The van der Waals surface area contributed by atoms with Crippen LogP contribution in [0.2, 0.25) is 0 Å². The molecule has 18 heavy (non-hydrogen) atoms. The van der Waals surface area contributed by atoms with Gasteiger partial charge in [0.25, 0.3) is 0 Å². The van der Waals surface area contributed by atoms with Gasteiger partial charge in [0, 0.05) is 12.6 Å². The summed E-state index contributed by atoms with van der Waals surface area (Å²) in [6.45, 7) is 3.18. The fraction of sp³-hybridized carbons (Fsp3) is 0.500. The second-order valence-electron chi connectivity index (χ2n) is 4.68. The Balaban J connectivity index is 1.91. The normalized spacial score (nSPS) is 24.1. The molecule has 3 N–H and O–H groups in total. The lowest BCUT2D eigenvalue weighted by molar-refractivity contribution is -0.121. The van der Waals surface area contributed by atoms with Gasteiger partial charge in [0.1, 0.15) is 0 Å². The molecule has 1 aliphatic rings. The van der Waals surface area contributed by atoms with Gasteiger partial charge in [-0.3, -0.25) is 15.0 Å². The Morgan fingerprint density at radius 3 is 3.00 bits per heavy atom. The van der Waals surface area contributed by atoms with E-state index in [0.29, 0.717) is 12.0 Å². The average molecular weight is 267 g/mol. The number of imide groups is 1. The number of hydrogen-bond acceptors (Lipinski definition) is 4. The lowest BCUT2D eigenvalue weighted by atomic mass is 10.00. The molecule has 0 saturated carbocycles. The molecule has 1 aromatic rings. The Kier molecular flexibility index (Phi) is 3.98. The van der Waals surface area contributed by atoms with Crippen LogP contribution in [0.25, 0.3) is 0 Å². The third kappa shape index (κ3) is 3.08. The quantitative estimate of drug-likeness (QED) is 0.861. The maximum atomic E-state index is 11.5. The molecule has 98 valence electrons. The Hall–Kier alpha value is -1.40. The number of carbonyl (C=O) groups excluding carboxylic acids is 2. The summed E-state index contributed by atoms with van der Waals surface area (Å²) in [5, 5.41) is 6.33. The molecular formula is C12H17N3O2S. The topological polar surface area (TPSA) is 75.4 Å². The van der Waals surface area contributed by atoms with Crippen molar-refractivity contribution in [3.05, 3.63) is 22.4 Å². The highest BCUT2D eigenvalue weighted by Gasteiger charge is 2.31. The number of amides is 3. The van der Waals surface area contributed by atoms with Crippen LogP contribution < -0.4 is 11.1 Å². The van der Waals surface area contributed by atoms with Crippen LogP contribution in [0.5, 0.6) is 0 Å². The van der Waals surface area contributed by atoms with E-state index in [-0.39, 0.29) is 12.5 Å². The molecule has 1 saturated heterocycles. The number of nitrogens with zero attached hydrogens (tertiary/aromatic N) is 1. The highest BCUT2D eigenvalue weighted by molar-refractivity contribution is 7.07. The Morgan fingerprint density at radius 1 is 1.61 bits per heavy atom. The minimum absolute atomic E-state index is 0.227. The average Bonchev–Trinajstić information content (AvgIpc) is 2.87. The molecule has 0 unspecified atom stereocenters. The van der Waals surface area contributed by atoms with Crippen LogP contribution >= 0.6 is 11.3 Å². The molecule has 2 rings (SSSR count). The van der Waals surface area contributed by atoms with Gasteiger partial charge in [0.15, 0.2) is 0 Å². The molecule has 3 amide bonds. The molecule has 1 aromatic heterocycles. The molecule has 2 atom stereocenters. The molecular weight excluding hydrogens is 250 g/mol. The number of nitrogens with one attached hydrogen (secondary N) is 1. The molecule has 5 nitrogen and oxygen atoms in total. The van der Waals surface area contributed by atoms with Crippen molar-refractivity contribution in [2.45, 2.75) is 25.3 Å². The summed E-state index contributed by atoms with van der Waals surface area (Å²) >= 11 is 1.69. The van der Waals surface area contributed by atoms with Crippen LogP contribution in [0.1, 0.15) is 24.8 Å². The number of rotatable bonds is 3. The van der Waals surface area contributed by atoms with Crippen molar-refractivity contribution < 1.29 is 9.59 Å². The van der Waals surface area contributed by atoms with E-state index in [9.17, 15) is 9.59 Å². The third-order valence-corrected chi connectivity index (χ3v) is 4.03. The van der Waals surface area contributed by atoms with Crippen LogP contribution in [0.15, 0.2) is 16.8 Å². The third-order valence-electron chi connectivity index (χ3n) is 3.33. The molecule has 6 heteroatoms. The van der Waals surface area contributed by atoms with Gasteiger partial charge in [-0.2, -0.15) is 11.3 Å². The highest BCUT2D eigenvalue weighted by Crippen LogP contribution is 2.32. The van der Waals surface area contributed by atoms with Gasteiger partial charge in [0.05, 0.1) is 6.54 Å². The Morgan fingerprint density at radius 2 is 2.39 bits per heavy atom. The summed E-state index contributed by atoms with van der Waals surface area (Å²) in [5.41, 5.74) is 6.26. The number of carbonyl (C=O) groups is 2. The van der Waals surface area contributed by atoms with Crippen LogP contribution in [0.4, 0.5) is 4.79 Å². The summed E-state index contributed by atoms with van der Waals surface area (Å²) in [4.78, 5) is 24.2. The van der Waals surface area contributed by atoms with Gasteiger partial charge >= 0.3 is 6.03 Å². The van der Waals surface area contributed by atoms with Gasteiger partial charge in [-0.1, -0.05) is 0 Å². The monoisotopic (exact) mass is 267 g/mol. The van der Waals surface area contributed by atoms with Crippen LogP contribution in [0, 0.1) is 0 Å². The minimum Gasteiger partial charge on any atom is -0.351 e. The molecule has 1 fully saturated rings. The standard InChI is InChI=1S/C12H17N3O2S/c1-8-4-10(9-2-3-18-7-9)5-15(8)6-11(16)14-12(13)17/h2-3,7-8,10H,4-6H2,1H3,(H3,13,14,16,17)/t8-,10+/m1/s1. The van der Waals surface area contributed by atoms with E-state index in [1.807, 2.05) is 0 Å². The highest BCUT2D eigenvalue weighted by atomic mass is 32.1. The second-order valence-corrected chi connectivity index (χ2v) is 5.46. The van der Waals surface area contributed by atoms with Crippen molar-refractivity contribution in [3.63, 3.8) is 0 Å². The number of thiophene rings is 1. The number of nitrogens with two attached hydrogens (primary N) is 1. The molecule has 0 aliphatic carbocycles. The van der Waals surface area contributed by atoms with E-state index < -0.39 is 6.03 Å². The van der Waals surface area contributed by atoms with Crippen LogP contribution in [-0.4, -0.2) is 36.0 Å². The molecule has 0 spiro atoms. The van der Waals surface area contributed by atoms with E-state index in [0.717, 1.165) is 13.0 Å². The summed E-state index contributed by atoms with van der Waals surface area (Å²) in [5.74, 6) is 0.146. The number of primary amides is 1. The summed E-state index contributed by atoms with van der Waals surface area (Å²) in [7, 11) is 0. The van der Waals surface area contributed by atoms with Crippen molar-refractivity contribution in [3.8, 4) is 0 Å². The van der Waals surface area contributed by atoms with E-state index >= 15 is 0 Å². The molecule has 2 heterocycles. The number of urea groups is 1. The smallest absolute Gasteiger partial charge is 0.318 e. The fourth-order valence-electron chi connectivity index (χ4n) is 2.43. The van der Waals surface area contributed by atoms with Gasteiger partial charge in [-0.25, -0.2) is 4.79 Å². The maximum Gasteiger partial charge on any atom is 0.318 e. The summed E-state index contributed by atoms with van der Waals surface area (Å²) < 4.78 is 0. The van der Waals surface area contributed by atoms with Crippen LogP contribution in [-0.2, 0) is 4.79 Å². The predicted molar refractivity (Wildman–Crippen MR) is 70.4 cm³/mol. The zero-order chi connectivity index (χ0) is 13.1. The van der Waals surface area contributed by atoms with Gasteiger partial charge in [-0.15, -0.1) is 0 Å². The predicted octanol–water partition coefficient (Wildman–Crippen LogP) is 1.12. The van der Waals surface area contributed by atoms with E-state index in [4.69, 9.17) is 5.73 Å². The van der Waals surface area contributed by atoms with Crippen molar-refractivity contribution >= 4 is 23.3 Å². The molecule has 0 bridgehead atoms. The number of likely N-dealkylation sites (tertiary alicyclic amines) is 1. The zero-order valence-electron chi connectivity index (χ0n) is 10.3. The largest absolute Gasteiger partial charge is 0.351 e. The van der Waals surface area contributed by atoms with Crippen molar-refractivity contribution in [2.24, 2.45) is 5.73 Å². The first-order valence-corrected chi connectivity index (χ1v) is 6.86. The van der Waals surface area contributed by atoms with E-state index in [1.165, 1.54) is 5.56 Å².